The van der Waals surface area contributed by atoms with E-state index in [1.807, 2.05) is 0 Å². The first-order valence-electron chi connectivity index (χ1n) is 2.68. The van der Waals surface area contributed by atoms with Crippen LogP contribution in [0.15, 0.2) is 37.5 Å². The second-order valence-corrected chi connectivity index (χ2v) is 1.56. The van der Waals surface area contributed by atoms with Crippen LogP contribution in [0.4, 0.5) is 0 Å². The Labute approximate surface area is 61.2 Å². The number of allylic oxidation sites excluding steroid dienone is 2. The minimum atomic E-state index is -0.935. The smallest absolute Gasteiger partial charge is 0.330 e. The summed E-state index contributed by atoms with van der Waals surface area (Å²) < 4.78 is 0. The monoisotopic (exact) mass is 140 g/mol. The van der Waals surface area contributed by atoms with Crippen molar-refractivity contribution in [1.29, 1.82) is 0 Å². The summed E-state index contributed by atoms with van der Waals surface area (Å²) in [4.78, 5) is 9.60. The van der Waals surface area contributed by atoms with Crippen LogP contribution in [0.2, 0.25) is 0 Å². The molecule has 10 heavy (non-hydrogen) atoms. The fourth-order valence-corrected chi connectivity index (χ4v) is 0. The molecule has 2 nitrogen and oxygen atoms in total. The van der Waals surface area contributed by atoms with Crippen molar-refractivity contribution < 1.29 is 9.90 Å². The molecule has 0 aliphatic rings. The van der Waals surface area contributed by atoms with Gasteiger partial charge in [0.2, 0.25) is 0 Å². The van der Waals surface area contributed by atoms with Gasteiger partial charge in [-0.3, -0.25) is 0 Å². The lowest BCUT2D eigenvalue weighted by atomic mass is 10.4. The Bertz CT molecular complexity index is 127. The standard InChI is InChI=1S/C4H6O2.C4H6/c1-3(2)4(5)6;1-3-4-2/h1H2,2H3,(H,5,6);3-4H,1-2H2. The Hall–Kier alpha value is -1.31. The van der Waals surface area contributed by atoms with Crippen molar-refractivity contribution in [1.82, 2.24) is 0 Å². The fraction of sp³-hybridized carbons (Fsp3) is 0.125. The van der Waals surface area contributed by atoms with Crippen molar-refractivity contribution in [3.05, 3.63) is 37.5 Å². The van der Waals surface area contributed by atoms with Crippen molar-refractivity contribution in [2.45, 2.75) is 6.92 Å². The number of carbonyl (C=O) groups is 1. The third-order valence-electron chi connectivity index (χ3n) is 0.532. The average molecular weight is 140 g/mol. The van der Waals surface area contributed by atoms with Crippen LogP contribution in [-0.2, 0) is 4.79 Å². The highest BCUT2D eigenvalue weighted by Gasteiger charge is 1.90. The summed E-state index contributed by atoms with van der Waals surface area (Å²) in [5, 5.41) is 7.89. The molecule has 0 atom stereocenters. The van der Waals surface area contributed by atoms with Crippen molar-refractivity contribution >= 4 is 5.97 Å². The fourth-order valence-electron chi connectivity index (χ4n) is 0. The van der Waals surface area contributed by atoms with Gasteiger partial charge < -0.3 is 5.11 Å². The van der Waals surface area contributed by atoms with Crippen molar-refractivity contribution in [3.63, 3.8) is 0 Å². The molecule has 1 N–H and O–H groups in total. The van der Waals surface area contributed by atoms with Crippen LogP contribution in [0.5, 0.6) is 0 Å². The maximum Gasteiger partial charge on any atom is 0.330 e. The molecule has 0 bridgehead atoms. The van der Waals surface area contributed by atoms with E-state index in [0.29, 0.717) is 0 Å². The van der Waals surface area contributed by atoms with Crippen LogP contribution >= 0.6 is 0 Å². The van der Waals surface area contributed by atoms with Gasteiger partial charge in [0, 0.05) is 5.57 Å². The summed E-state index contributed by atoms with van der Waals surface area (Å²) in [6, 6.07) is 0. The third kappa shape index (κ3) is 15.9. The maximum absolute atomic E-state index is 9.60. The summed E-state index contributed by atoms with van der Waals surface area (Å²) in [6.45, 7) is 11.3. The van der Waals surface area contributed by atoms with Crippen molar-refractivity contribution in [2.75, 3.05) is 0 Å². The molecule has 0 aromatic carbocycles. The van der Waals surface area contributed by atoms with E-state index in [-0.39, 0.29) is 5.57 Å². The molecule has 0 fully saturated rings. The van der Waals surface area contributed by atoms with Gasteiger partial charge in [-0.1, -0.05) is 31.9 Å². The molecule has 0 heterocycles. The zero-order valence-electron chi connectivity index (χ0n) is 6.13. The second-order valence-electron chi connectivity index (χ2n) is 1.56. The molecule has 2 heteroatoms. The van der Waals surface area contributed by atoms with Gasteiger partial charge in [0.05, 0.1) is 0 Å². The molecule has 0 saturated heterocycles. The van der Waals surface area contributed by atoms with Gasteiger partial charge in [-0.2, -0.15) is 0 Å². The highest BCUT2D eigenvalue weighted by Crippen LogP contribution is 1.81. The van der Waals surface area contributed by atoms with Gasteiger partial charge in [0.15, 0.2) is 0 Å². The van der Waals surface area contributed by atoms with Crippen LogP contribution in [0, 0.1) is 0 Å². The molecule has 0 aromatic heterocycles. The summed E-state index contributed by atoms with van der Waals surface area (Å²) in [5.41, 5.74) is 0.176. The number of carboxylic acids is 1. The van der Waals surface area contributed by atoms with Crippen LogP contribution < -0.4 is 0 Å². The van der Waals surface area contributed by atoms with E-state index in [9.17, 15) is 4.79 Å². The van der Waals surface area contributed by atoms with Gasteiger partial charge >= 0.3 is 5.97 Å². The van der Waals surface area contributed by atoms with E-state index < -0.39 is 5.97 Å². The quantitative estimate of drug-likeness (QED) is 0.470. The molecule has 0 aliphatic heterocycles. The summed E-state index contributed by atoms with van der Waals surface area (Å²) >= 11 is 0. The minimum Gasteiger partial charge on any atom is -0.478 e. The van der Waals surface area contributed by atoms with E-state index in [1.165, 1.54) is 6.92 Å². The number of hydrogen-bond acceptors (Lipinski definition) is 1. The Morgan fingerprint density at radius 1 is 1.40 bits per heavy atom. The first-order chi connectivity index (χ1) is 4.56. The molecule has 0 radical (unpaired) electrons. The van der Waals surface area contributed by atoms with Crippen molar-refractivity contribution in [2.24, 2.45) is 0 Å². The molecule has 0 aromatic rings. The number of carboxylic acid groups (broad SMARTS) is 1. The number of aliphatic carboxylic acids is 1. The Kier molecular flexibility index (Phi) is 8.83. The van der Waals surface area contributed by atoms with E-state index in [4.69, 9.17) is 5.11 Å². The number of hydrogen-bond donors (Lipinski definition) is 1. The molecule has 0 spiro atoms. The van der Waals surface area contributed by atoms with Gasteiger partial charge in [-0.05, 0) is 6.92 Å². The van der Waals surface area contributed by atoms with E-state index >= 15 is 0 Å². The molecular formula is C8H12O2. The van der Waals surface area contributed by atoms with Gasteiger partial charge in [0.25, 0.3) is 0 Å². The molecule has 0 saturated carbocycles. The maximum atomic E-state index is 9.60. The zero-order valence-corrected chi connectivity index (χ0v) is 6.13. The summed E-state index contributed by atoms with van der Waals surface area (Å²) in [5.74, 6) is -0.935. The predicted molar refractivity (Wildman–Crippen MR) is 42.8 cm³/mol. The lowest BCUT2D eigenvalue weighted by molar-refractivity contribution is -0.132. The lowest BCUT2D eigenvalue weighted by Crippen LogP contribution is -1.92. The number of rotatable bonds is 2. The topological polar surface area (TPSA) is 37.3 Å². The van der Waals surface area contributed by atoms with E-state index in [0.717, 1.165) is 0 Å². The largest absolute Gasteiger partial charge is 0.478 e. The zero-order chi connectivity index (χ0) is 8.57. The lowest BCUT2D eigenvalue weighted by Gasteiger charge is -1.79. The summed E-state index contributed by atoms with van der Waals surface area (Å²) in [6.07, 6.45) is 3.28. The van der Waals surface area contributed by atoms with Gasteiger partial charge in [-0.15, -0.1) is 0 Å². The highest BCUT2D eigenvalue weighted by atomic mass is 16.4. The van der Waals surface area contributed by atoms with E-state index in [2.05, 4.69) is 19.7 Å². The minimum absolute atomic E-state index is 0.176. The molecule has 0 rings (SSSR count). The Morgan fingerprint density at radius 2 is 1.60 bits per heavy atom. The normalized spacial score (nSPS) is 6.50. The van der Waals surface area contributed by atoms with Crippen LogP contribution in [0.25, 0.3) is 0 Å². The van der Waals surface area contributed by atoms with Gasteiger partial charge in [-0.25, -0.2) is 4.79 Å². The van der Waals surface area contributed by atoms with Crippen molar-refractivity contribution in [3.8, 4) is 0 Å². The third-order valence-corrected chi connectivity index (χ3v) is 0.532. The molecule has 0 unspecified atom stereocenters. The van der Waals surface area contributed by atoms with Crippen LogP contribution in [0.3, 0.4) is 0 Å². The van der Waals surface area contributed by atoms with Crippen LogP contribution in [0.1, 0.15) is 6.92 Å². The van der Waals surface area contributed by atoms with E-state index in [1.54, 1.807) is 12.2 Å². The summed E-state index contributed by atoms with van der Waals surface area (Å²) in [7, 11) is 0. The molecule has 0 aliphatic carbocycles. The first-order valence-corrected chi connectivity index (χ1v) is 2.68. The highest BCUT2D eigenvalue weighted by molar-refractivity contribution is 5.84. The van der Waals surface area contributed by atoms with Gasteiger partial charge in [0.1, 0.15) is 0 Å². The molecule has 56 valence electrons. The Morgan fingerprint density at radius 3 is 1.60 bits per heavy atom. The molecular weight excluding hydrogens is 128 g/mol. The SMILES string of the molecule is C=C(C)C(=O)O.C=CC=C. The van der Waals surface area contributed by atoms with Crippen LogP contribution in [-0.4, -0.2) is 11.1 Å². The average Bonchev–Trinajstić information content (AvgIpc) is 1.89. The predicted octanol–water partition coefficient (Wildman–Crippen LogP) is 2.01. The second kappa shape index (κ2) is 7.69. The first kappa shape index (κ1) is 11.5. The molecule has 0 amide bonds. The Balaban J connectivity index is 0.